The van der Waals surface area contributed by atoms with E-state index in [1.807, 2.05) is 0 Å². The van der Waals surface area contributed by atoms with Crippen molar-refractivity contribution in [3.05, 3.63) is 23.7 Å². The van der Waals surface area contributed by atoms with Gasteiger partial charge in [0.2, 0.25) is 0 Å². The van der Waals surface area contributed by atoms with E-state index >= 15 is 0 Å². The molecule has 2 rings (SSSR count). The maximum absolute atomic E-state index is 5.89. The van der Waals surface area contributed by atoms with Gasteiger partial charge in [-0.3, -0.25) is 0 Å². The Labute approximate surface area is 105 Å². The molecule has 0 amide bonds. The lowest BCUT2D eigenvalue weighted by atomic mass is 9.99. The average Bonchev–Trinajstić information content (AvgIpc) is 2.79. The van der Waals surface area contributed by atoms with Crippen LogP contribution in [0, 0.1) is 5.92 Å². The van der Waals surface area contributed by atoms with E-state index in [1.54, 1.807) is 0 Å². The zero-order valence-electron chi connectivity index (χ0n) is 11.5. The van der Waals surface area contributed by atoms with Gasteiger partial charge in [-0.25, -0.2) is 0 Å². The van der Waals surface area contributed by atoms with Crippen molar-refractivity contribution in [1.82, 2.24) is 5.32 Å². The van der Waals surface area contributed by atoms with Gasteiger partial charge < -0.3 is 9.73 Å². The third-order valence-corrected chi connectivity index (χ3v) is 3.77. The van der Waals surface area contributed by atoms with Gasteiger partial charge >= 0.3 is 0 Å². The fourth-order valence-electron chi connectivity index (χ4n) is 2.45. The van der Waals surface area contributed by atoms with E-state index in [4.69, 9.17) is 4.42 Å². The predicted molar refractivity (Wildman–Crippen MR) is 71.1 cm³/mol. The molecule has 0 radical (unpaired) electrons. The number of nitrogens with one attached hydrogen (secondary N) is 1. The van der Waals surface area contributed by atoms with Crippen LogP contribution in [0.5, 0.6) is 0 Å². The van der Waals surface area contributed by atoms with Gasteiger partial charge in [-0.1, -0.05) is 20.3 Å². The third kappa shape index (κ3) is 3.35. The number of hydrogen-bond donors (Lipinski definition) is 1. The predicted octanol–water partition coefficient (Wildman–Crippen LogP) is 4.07. The Morgan fingerprint density at radius 2 is 2.12 bits per heavy atom. The minimum atomic E-state index is 0.203. The summed E-state index contributed by atoms with van der Waals surface area (Å²) in [6, 6.07) is 4.27. The van der Waals surface area contributed by atoms with Gasteiger partial charge in [0.05, 0.1) is 6.54 Å². The van der Waals surface area contributed by atoms with Gasteiger partial charge in [-0.05, 0) is 44.7 Å². The molecule has 0 bridgehead atoms. The van der Waals surface area contributed by atoms with E-state index < -0.39 is 0 Å². The maximum atomic E-state index is 5.89. The molecule has 1 aliphatic rings. The van der Waals surface area contributed by atoms with Crippen LogP contribution in [0.25, 0.3) is 0 Å². The highest BCUT2D eigenvalue weighted by molar-refractivity contribution is 5.17. The fourth-order valence-corrected chi connectivity index (χ4v) is 2.45. The summed E-state index contributed by atoms with van der Waals surface area (Å²) >= 11 is 0. The first-order chi connectivity index (χ1) is 8.02. The van der Waals surface area contributed by atoms with Gasteiger partial charge in [0, 0.05) is 11.5 Å². The molecule has 0 aliphatic heterocycles. The van der Waals surface area contributed by atoms with E-state index in [9.17, 15) is 0 Å². The summed E-state index contributed by atoms with van der Waals surface area (Å²) in [5.74, 6) is 3.76. The lowest BCUT2D eigenvalue weighted by Crippen LogP contribution is -2.38. The van der Waals surface area contributed by atoms with Crippen molar-refractivity contribution in [2.24, 2.45) is 5.92 Å². The van der Waals surface area contributed by atoms with Crippen LogP contribution in [0.15, 0.2) is 16.5 Å². The van der Waals surface area contributed by atoms with Crippen LogP contribution in [-0.2, 0) is 6.54 Å². The van der Waals surface area contributed by atoms with Gasteiger partial charge in [-0.15, -0.1) is 0 Å². The monoisotopic (exact) mass is 235 g/mol. The lowest BCUT2D eigenvalue weighted by Gasteiger charge is -2.25. The Balaban J connectivity index is 1.85. The third-order valence-electron chi connectivity index (χ3n) is 3.77. The summed E-state index contributed by atoms with van der Waals surface area (Å²) in [4.78, 5) is 0. The highest BCUT2D eigenvalue weighted by Gasteiger charge is 2.36. The summed E-state index contributed by atoms with van der Waals surface area (Å²) in [5, 5.41) is 3.57. The smallest absolute Gasteiger partial charge is 0.117 e. The van der Waals surface area contributed by atoms with Crippen LogP contribution in [0.3, 0.4) is 0 Å². The second-order valence-corrected chi connectivity index (χ2v) is 6.11. The molecule has 96 valence electrons. The molecule has 0 saturated heterocycles. The molecule has 2 nitrogen and oxygen atoms in total. The Kier molecular flexibility index (Phi) is 3.62. The van der Waals surface area contributed by atoms with Crippen LogP contribution in [0.2, 0.25) is 0 Å². The van der Waals surface area contributed by atoms with Crippen LogP contribution in [0.4, 0.5) is 0 Å². The molecule has 2 unspecified atom stereocenters. The van der Waals surface area contributed by atoms with E-state index in [0.717, 1.165) is 18.2 Å². The van der Waals surface area contributed by atoms with Crippen molar-refractivity contribution in [3.63, 3.8) is 0 Å². The van der Waals surface area contributed by atoms with Gasteiger partial charge in [0.1, 0.15) is 11.5 Å². The number of hydrogen-bond acceptors (Lipinski definition) is 2. The Morgan fingerprint density at radius 1 is 1.41 bits per heavy atom. The van der Waals surface area contributed by atoms with Crippen LogP contribution >= 0.6 is 0 Å². The zero-order valence-corrected chi connectivity index (χ0v) is 11.5. The van der Waals surface area contributed by atoms with E-state index in [0.29, 0.717) is 5.92 Å². The molecule has 1 saturated carbocycles. The first-order valence-corrected chi connectivity index (χ1v) is 6.85. The molecule has 1 N–H and O–H groups in total. The van der Waals surface area contributed by atoms with Crippen LogP contribution in [-0.4, -0.2) is 5.54 Å². The molecule has 1 aromatic heterocycles. The van der Waals surface area contributed by atoms with Gasteiger partial charge in [-0.2, -0.15) is 0 Å². The van der Waals surface area contributed by atoms with Crippen molar-refractivity contribution in [2.75, 3.05) is 0 Å². The van der Waals surface area contributed by atoms with E-state index in [-0.39, 0.29) is 5.54 Å². The molecule has 0 aromatic carbocycles. The van der Waals surface area contributed by atoms with Crippen LogP contribution < -0.4 is 5.32 Å². The molecule has 1 fully saturated rings. The summed E-state index contributed by atoms with van der Waals surface area (Å²) < 4.78 is 5.89. The molecular weight excluding hydrogens is 210 g/mol. The molecule has 0 spiro atoms. The van der Waals surface area contributed by atoms with Crippen molar-refractivity contribution in [3.8, 4) is 0 Å². The lowest BCUT2D eigenvalue weighted by molar-refractivity contribution is 0.333. The van der Waals surface area contributed by atoms with Crippen molar-refractivity contribution in [2.45, 2.75) is 65.0 Å². The minimum Gasteiger partial charge on any atom is -0.464 e. The van der Waals surface area contributed by atoms with Gasteiger partial charge in [0.25, 0.3) is 0 Å². The molecule has 17 heavy (non-hydrogen) atoms. The summed E-state index contributed by atoms with van der Waals surface area (Å²) in [7, 11) is 0. The maximum Gasteiger partial charge on any atom is 0.117 e. The Bertz CT molecular complexity index is 367. The van der Waals surface area contributed by atoms with Gasteiger partial charge in [0.15, 0.2) is 0 Å². The number of furan rings is 1. The van der Waals surface area contributed by atoms with Crippen molar-refractivity contribution < 1.29 is 4.42 Å². The zero-order chi connectivity index (χ0) is 12.5. The van der Waals surface area contributed by atoms with Crippen LogP contribution in [0.1, 0.15) is 64.4 Å². The molecule has 2 heteroatoms. The number of rotatable bonds is 6. The molecule has 1 aliphatic carbocycles. The largest absolute Gasteiger partial charge is 0.464 e. The molecule has 1 aromatic rings. The summed E-state index contributed by atoms with van der Waals surface area (Å²) in [6.07, 6.45) is 3.70. The topological polar surface area (TPSA) is 25.2 Å². The minimum absolute atomic E-state index is 0.203. The molecule has 2 atom stereocenters. The first kappa shape index (κ1) is 12.7. The van der Waals surface area contributed by atoms with Crippen molar-refractivity contribution >= 4 is 0 Å². The highest BCUT2D eigenvalue weighted by Crippen LogP contribution is 2.47. The summed E-state index contributed by atoms with van der Waals surface area (Å²) in [6.45, 7) is 9.86. The van der Waals surface area contributed by atoms with Crippen molar-refractivity contribution in [1.29, 1.82) is 0 Å². The SMILES string of the molecule is CCCC(C)(C)NCc1ccc(C2CC2C)o1. The quantitative estimate of drug-likeness (QED) is 0.804. The fraction of sp³-hybridized carbons (Fsp3) is 0.733. The molecule has 1 heterocycles. The Morgan fingerprint density at radius 3 is 2.71 bits per heavy atom. The summed E-state index contributed by atoms with van der Waals surface area (Å²) in [5.41, 5.74) is 0.203. The highest BCUT2D eigenvalue weighted by atomic mass is 16.3. The second kappa shape index (κ2) is 4.85. The normalized spacial score (nSPS) is 24.0. The van der Waals surface area contributed by atoms with E-state index in [1.165, 1.54) is 25.0 Å². The van der Waals surface area contributed by atoms with E-state index in [2.05, 4.69) is 45.1 Å². The Hall–Kier alpha value is -0.760. The second-order valence-electron chi connectivity index (χ2n) is 6.11. The molecular formula is C15H25NO. The average molecular weight is 235 g/mol. The standard InChI is InChI=1S/C15H25NO/c1-5-8-15(3,4)16-10-12-6-7-14(17-12)13-9-11(13)2/h6-7,11,13,16H,5,8-10H2,1-4H3. The first-order valence-electron chi connectivity index (χ1n) is 6.85.